The number of benzene rings is 1. The third-order valence-corrected chi connectivity index (χ3v) is 3.76. The maximum absolute atomic E-state index is 6.22. The van der Waals surface area contributed by atoms with Gasteiger partial charge in [-0.3, -0.25) is 0 Å². The highest BCUT2D eigenvalue weighted by atomic mass is 16.5. The highest BCUT2D eigenvalue weighted by Gasteiger charge is 2.14. The van der Waals surface area contributed by atoms with Gasteiger partial charge in [-0.2, -0.15) is 0 Å². The number of methoxy groups -OCH3 is 1. The molecule has 0 saturated heterocycles. The summed E-state index contributed by atoms with van der Waals surface area (Å²) in [6, 6.07) is 11.9. The van der Waals surface area contributed by atoms with Gasteiger partial charge < -0.3 is 10.5 Å². The van der Waals surface area contributed by atoms with Gasteiger partial charge in [-0.25, -0.2) is 9.97 Å². The summed E-state index contributed by atoms with van der Waals surface area (Å²) < 4.78 is 5.49. The van der Waals surface area contributed by atoms with Crippen molar-refractivity contribution in [1.29, 1.82) is 0 Å². The van der Waals surface area contributed by atoms with Gasteiger partial charge in [0.1, 0.15) is 5.75 Å². The van der Waals surface area contributed by atoms with Gasteiger partial charge in [0.25, 0.3) is 0 Å². The van der Waals surface area contributed by atoms with Crippen molar-refractivity contribution in [1.82, 2.24) is 9.97 Å². The SMILES string of the molecule is COc1ccc(C(C)C)cc1-c1nc2ncccc2cc1N. The number of fused-ring (bicyclic) bond motifs is 1. The predicted octanol–water partition coefficient (Wildman–Crippen LogP) is 4.01. The number of rotatable bonds is 3. The molecule has 0 aliphatic heterocycles. The van der Waals surface area contributed by atoms with Crippen molar-refractivity contribution in [2.45, 2.75) is 19.8 Å². The molecule has 0 spiro atoms. The largest absolute Gasteiger partial charge is 0.496 e. The summed E-state index contributed by atoms with van der Waals surface area (Å²) in [5.41, 5.74) is 10.4. The van der Waals surface area contributed by atoms with Gasteiger partial charge >= 0.3 is 0 Å². The number of aromatic nitrogens is 2. The molecule has 0 atom stereocenters. The number of nitrogen functional groups attached to an aromatic ring is 1. The summed E-state index contributed by atoms with van der Waals surface area (Å²) in [4.78, 5) is 8.95. The smallest absolute Gasteiger partial charge is 0.159 e. The molecular weight excluding hydrogens is 274 g/mol. The summed E-state index contributed by atoms with van der Waals surface area (Å²) in [5.74, 6) is 1.18. The molecule has 0 amide bonds. The molecule has 3 rings (SSSR count). The zero-order valence-corrected chi connectivity index (χ0v) is 13.0. The van der Waals surface area contributed by atoms with Gasteiger partial charge in [0.05, 0.1) is 18.5 Å². The molecule has 0 unspecified atom stereocenters. The van der Waals surface area contributed by atoms with Crippen molar-refractivity contribution >= 4 is 16.7 Å². The number of hydrogen-bond donors (Lipinski definition) is 1. The molecule has 4 heteroatoms. The van der Waals surface area contributed by atoms with Crippen LogP contribution in [0.4, 0.5) is 5.69 Å². The molecule has 4 nitrogen and oxygen atoms in total. The van der Waals surface area contributed by atoms with E-state index >= 15 is 0 Å². The Morgan fingerprint density at radius 3 is 2.68 bits per heavy atom. The molecule has 112 valence electrons. The van der Waals surface area contributed by atoms with E-state index in [1.165, 1.54) is 5.56 Å². The van der Waals surface area contributed by atoms with Gasteiger partial charge in [0.15, 0.2) is 5.65 Å². The van der Waals surface area contributed by atoms with Crippen LogP contribution in [0.2, 0.25) is 0 Å². The average Bonchev–Trinajstić information content (AvgIpc) is 2.53. The molecular formula is C18H19N3O. The zero-order chi connectivity index (χ0) is 15.7. The van der Waals surface area contributed by atoms with Crippen LogP contribution in [0.1, 0.15) is 25.3 Å². The van der Waals surface area contributed by atoms with Crippen LogP contribution < -0.4 is 10.5 Å². The van der Waals surface area contributed by atoms with Crippen LogP contribution in [0.3, 0.4) is 0 Å². The van der Waals surface area contributed by atoms with Crippen molar-refractivity contribution in [3.8, 4) is 17.0 Å². The Kier molecular flexibility index (Phi) is 3.67. The molecule has 22 heavy (non-hydrogen) atoms. The lowest BCUT2D eigenvalue weighted by Crippen LogP contribution is -1.99. The van der Waals surface area contributed by atoms with Crippen molar-refractivity contribution in [2.75, 3.05) is 12.8 Å². The first-order chi connectivity index (χ1) is 10.6. The van der Waals surface area contributed by atoms with E-state index in [1.54, 1.807) is 13.3 Å². The number of pyridine rings is 2. The van der Waals surface area contributed by atoms with Crippen LogP contribution in [-0.2, 0) is 0 Å². The van der Waals surface area contributed by atoms with Gasteiger partial charge in [-0.15, -0.1) is 0 Å². The van der Waals surface area contributed by atoms with Crippen LogP contribution in [0.25, 0.3) is 22.3 Å². The second kappa shape index (κ2) is 5.64. The topological polar surface area (TPSA) is 61.0 Å². The molecule has 2 aromatic heterocycles. The molecule has 2 heterocycles. The first-order valence-corrected chi connectivity index (χ1v) is 7.29. The van der Waals surface area contributed by atoms with Crippen LogP contribution in [0.15, 0.2) is 42.6 Å². The fraction of sp³-hybridized carbons (Fsp3) is 0.222. The van der Waals surface area contributed by atoms with Crippen LogP contribution >= 0.6 is 0 Å². The zero-order valence-electron chi connectivity index (χ0n) is 13.0. The van der Waals surface area contributed by atoms with Gasteiger partial charge in [0, 0.05) is 17.1 Å². The predicted molar refractivity (Wildman–Crippen MR) is 90.0 cm³/mol. The van der Waals surface area contributed by atoms with E-state index in [0.29, 0.717) is 22.9 Å². The van der Waals surface area contributed by atoms with Crippen LogP contribution in [0, 0.1) is 0 Å². The summed E-state index contributed by atoms with van der Waals surface area (Å²) in [6.07, 6.45) is 1.73. The van der Waals surface area contributed by atoms with E-state index in [4.69, 9.17) is 10.5 Å². The minimum absolute atomic E-state index is 0.421. The summed E-state index contributed by atoms with van der Waals surface area (Å²) in [7, 11) is 1.66. The Labute approximate surface area is 130 Å². The van der Waals surface area contributed by atoms with Gasteiger partial charge in [-0.1, -0.05) is 19.9 Å². The fourth-order valence-electron chi connectivity index (χ4n) is 2.51. The number of nitrogens with zero attached hydrogens (tertiary/aromatic N) is 2. The third-order valence-electron chi connectivity index (χ3n) is 3.76. The standard InChI is InChI=1S/C18H19N3O/c1-11(2)12-6-7-16(22-3)14(9-12)17-15(19)10-13-5-4-8-20-18(13)21-17/h4-11H,19H2,1-3H3. The van der Waals surface area contributed by atoms with Gasteiger partial charge in [-0.05, 0) is 41.8 Å². The summed E-state index contributed by atoms with van der Waals surface area (Å²) >= 11 is 0. The average molecular weight is 293 g/mol. The van der Waals surface area contributed by atoms with Crippen LogP contribution in [-0.4, -0.2) is 17.1 Å². The van der Waals surface area contributed by atoms with E-state index in [1.807, 2.05) is 24.3 Å². The molecule has 0 radical (unpaired) electrons. The molecule has 0 saturated carbocycles. The Balaban J connectivity index is 2.25. The Hall–Kier alpha value is -2.62. The first-order valence-electron chi connectivity index (χ1n) is 7.29. The molecule has 1 aromatic carbocycles. The molecule has 0 aliphatic carbocycles. The Bertz CT molecular complexity index is 828. The van der Waals surface area contributed by atoms with E-state index in [0.717, 1.165) is 16.7 Å². The van der Waals surface area contributed by atoms with Crippen molar-refractivity contribution in [3.05, 3.63) is 48.2 Å². The third kappa shape index (κ3) is 2.48. The van der Waals surface area contributed by atoms with Crippen molar-refractivity contribution in [2.24, 2.45) is 0 Å². The number of hydrogen-bond acceptors (Lipinski definition) is 4. The Morgan fingerprint density at radius 1 is 1.14 bits per heavy atom. The van der Waals surface area contributed by atoms with E-state index in [2.05, 4.69) is 35.9 Å². The second-order valence-corrected chi connectivity index (χ2v) is 5.59. The van der Waals surface area contributed by atoms with Crippen molar-refractivity contribution < 1.29 is 4.74 Å². The number of anilines is 1. The molecule has 2 N–H and O–H groups in total. The van der Waals surface area contributed by atoms with Gasteiger partial charge in [0.2, 0.25) is 0 Å². The lowest BCUT2D eigenvalue weighted by Gasteiger charge is -2.14. The molecule has 0 fully saturated rings. The highest BCUT2D eigenvalue weighted by molar-refractivity contribution is 5.87. The Morgan fingerprint density at radius 2 is 1.95 bits per heavy atom. The molecule has 0 aliphatic rings. The monoisotopic (exact) mass is 293 g/mol. The minimum Gasteiger partial charge on any atom is -0.496 e. The fourth-order valence-corrected chi connectivity index (χ4v) is 2.51. The second-order valence-electron chi connectivity index (χ2n) is 5.59. The van der Waals surface area contributed by atoms with E-state index < -0.39 is 0 Å². The maximum atomic E-state index is 6.22. The highest BCUT2D eigenvalue weighted by Crippen LogP contribution is 2.35. The lowest BCUT2D eigenvalue weighted by molar-refractivity contribution is 0.416. The van der Waals surface area contributed by atoms with E-state index in [9.17, 15) is 0 Å². The van der Waals surface area contributed by atoms with Crippen molar-refractivity contribution in [3.63, 3.8) is 0 Å². The molecule has 3 aromatic rings. The lowest BCUT2D eigenvalue weighted by atomic mass is 9.98. The number of ether oxygens (including phenoxy) is 1. The van der Waals surface area contributed by atoms with Crippen LogP contribution in [0.5, 0.6) is 5.75 Å². The minimum atomic E-state index is 0.421. The van der Waals surface area contributed by atoms with E-state index in [-0.39, 0.29) is 0 Å². The summed E-state index contributed by atoms with van der Waals surface area (Å²) in [5, 5.41) is 0.933. The molecule has 0 bridgehead atoms. The summed E-state index contributed by atoms with van der Waals surface area (Å²) in [6.45, 7) is 4.31. The first kappa shape index (κ1) is 14.3. The quantitative estimate of drug-likeness (QED) is 0.792. The maximum Gasteiger partial charge on any atom is 0.159 e. The normalized spacial score (nSPS) is 11.1. The number of nitrogens with two attached hydrogens (primary N) is 1.